The van der Waals surface area contributed by atoms with Crippen molar-refractivity contribution in [2.45, 2.75) is 50.3 Å². The molecule has 2 aliphatic carbocycles. The lowest BCUT2D eigenvalue weighted by Crippen LogP contribution is -2.33. The van der Waals surface area contributed by atoms with Crippen LogP contribution in [0.5, 0.6) is 0 Å². The summed E-state index contributed by atoms with van der Waals surface area (Å²) in [6.45, 7) is 2.22. The summed E-state index contributed by atoms with van der Waals surface area (Å²) in [5.41, 5.74) is 1.17. The van der Waals surface area contributed by atoms with Crippen LogP contribution in [0.15, 0.2) is 11.8 Å². The summed E-state index contributed by atoms with van der Waals surface area (Å²) < 4.78 is 0. The van der Waals surface area contributed by atoms with Crippen molar-refractivity contribution >= 4 is 17.5 Å². The van der Waals surface area contributed by atoms with Crippen molar-refractivity contribution in [1.29, 1.82) is 0 Å². The van der Waals surface area contributed by atoms with Crippen LogP contribution in [-0.4, -0.2) is 22.8 Å². The maximum absolute atomic E-state index is 11.1. The first-order valence-electron chi connectivity index (χ1n) is 5.91. The zero-order chi connectivity index (χ0) is 10.7. The highest BCUT2D eigenvalue weighted by Crippen LogP contribution is 2.31. The molecule has 2 unspecified atom stereocenters. The third-order valence-corrected chi connectivity index (χ3v) is 4.51. The molecule has 1 N–H and O–H groups in total. The van der Waals surface area contributed by atoms with Gasteiger partial charge in [-0.2, -0.15) is 11.8 Å². The number of carbonyl (C=O) groups excluding carboxylic acids is 1. The molecule has 1 saturated carbocycles. The molecule has 2 aliphatic rings. The first-order chi connectivity index (χ1) is 7.29. The SMILES string of the molecule is CCSC1CCCC1NC1=CC(=O)CC1. The lowest BCUT2D eigenvalue weighted by Gasteiger charge is -2.21. The molecule has 0 aromatic heterocycles. The first kappa shape index (κ1) is 11.1. The topological polar surface area (TPSA) is 29.1 Å². The van der Waals surface area contributed by atoms with Crippen LogP contribution in [-0.2, 0) is 4.79 Å². The molecule has 0 aromatic rings. The van der Waals surface area contributed by atoms with Crippen molar-refractivity contribution in [1.82, 2.24) is 5.32 Å². The van der Waals surface area contributed by atoms with Crippen LogP contribution >= 0.6 is 11.8 Å². The van der Waals surface area contributed by atoms with Gasteiger partial charge in [-0.25, -0.2) is 0 Å². The molecule has 2 atom stereocenters. The van der Waals surface area contributed by atoms with Gasteiger partial charge in [0, 0.05) is 29.5 Å². The second-order valence-corrected chi connectivity index (χ2v) is 5.83. The molecule has 15 heavy (non-hydrogen) atoms. The summed E-state index contributed by atoms with van der Waals surface area (Å²) in [7, 11) is 0. The minimum Gasteiger partial charge on any atom is -0.384 e. The van der Waals surface area contributed by atoms with E-state index in [4.69, 9.17) is 0 Å². The fraction of sp³-hybridized carbons (Fsp3) is 0.750. The second-order valence-electron chi connectivity index (χ2n) is 4.31. The molecule has 2 nitrogen and oxygen atoms in total. The van der Waals surface area contributed by atoms with E-state index < -0.39 is 0 Å². The van der Waals surface area contributed by atoms with Crippen molar-refractivity contribution in [3.05, 3.63) is 11.8 Å². The Bertz CT molecular complexity index is 275. The quantitative estimate of drug-likeness (QED) is 0.797. The molecule has 0 radical (unpaired) electrons. The van der Waals surface area contributed by atoms with Crippen molar-refractivity contribution in [2.24, 2.45) is 0 Å². The van der Waals surface area contributed by atoms with Gasteiger partial charge in [0.1, 0.15) is 0 Å². The van der Waals surface area contributed by atoms with Crippen molar-refractivity contribution in [3.8, 4) is 0 Å². The maximum atomic E-state index is 11.1. The number of carbonyl (C=O) groups is 1. The smallest absolute Gasteiger partial charge is 0.157 e. The van der Waals surface area contributed by atoms with E-state index in [2.05, 4.69) is 24.0 Å². The molecule has 0 aliphatic heterocycles. The summed E-state index contributed by atoms with van der Waals surface area (Å²) in [5.74, 6) is 1.48. The molecule has 0 bridgehead atoms. The van der Waals surface area contributed by atoms with Crippen LogP contribution in [0.25, 0.3) is 0 Å². The third-order valence-electron chi connectivity index (χ3n) is 3.18. The van der Waals surface area contributed by atoms with Crippen LogP contribution in [0.4, 0.5) is 0 Å². The zero-order valence-electron chi connectivity index (χ0n) is 9.29. The summed E-state index contributed by atoms with van der Waals surface area (Å²) in [4.78, 5) is 11.1. The average molecular weight is 225 g/mol. The molecule has 2 rings (SSSR count). The Morgan fingerprint density at radius 1 is 1.47 bits per heavy atom. The van der Waals surface area contributed by atoms with E-state index in [1.165, 1.54) is 30.7 Å². The maximum Gasteiger partial charge on any atom is 0.157 e. The van der Waals surface area contributed by atoms with Gasteiger partial charge in [0.15, 0.2) is 5.78 Å². The van der Waals surface area contributed by atoms with Crippen LogP contribution in [0.2, 0.25) is 0 Å². The van der Waals surface area contributed by atoms with Crippen molar-refractivity contribution in [3.63, 3.8) is 0 Å². The molecule has 3 heteroatoms. The summed E-state index contributed by atoms with van der Waals surface area (Å²) in [6, 6.07) is 0.604. The van der Waals surface area contributed by atoms with Gasteiger partial charge in [0.05, 0.1) is 0 Å². The van der Waals surface area contributed by atoms with Crippen molar-refractivity contribution in [2.75, 3.05) is 5.75 Å². The monoisotopic (exact) mass is 225 g/mol. The van der Waals surface area contributed by atoms with E-state index in [1.54, 1.807) is 6.08 Å². The molecular weight excluding hydrogens is 206 g/mol. The molecule has 1 fully saturated rings. The fourth-order valence-corrected chi connectivity index (χ4v) is 3.65. The van der Waals surface area contributed by atoms with E-state index in [0.29, 0.717) is 12.5 Å². The second kappa shape index (κ2) is 5.06. The predicted molar refractivity (Wildman–Crippen MR) is 65.0 cm³/mol. The van der Waals surface area contributed by atoms with E-state index in [-0.39, 0.29) is 5.78 Å². The van der Waals surface area contributed by atoms with Gasteiger partial charge in [-0.3, -0.25) is 4.79 Å². The van der Waals surface area contributed by atoms with Crippen LogP contribution in [0, 0.1) is 0 Å². The van der Waals surface area contributed by atoms with Gasteiger partial charge in [0.25, 0.3) is 0 Å². The number of rotatable bonds is 4. The number of ketones is 1. The van der Waals surface area contributed by atoms with E-state index >= 15 is 0 Å². The van der Waals surface area contributed by atoms with Gasteiger partial charge in [-0.15, -0.1) is 0 Å². The lowest BCUT2D eigenvalue weighted by atomic mass is 10.2. The predicted octanol–water partition coefficient (Wildman–Crippen LogP) is 2.50. The van der Waals surface area contributed by atoms with Gasteiger partial charge in [-0.05, 0) is 25.0 Å². The largest absolute Gasteiger partial charge is 0.384 e. The Hall–Kier alpha value is -0.440. The number of hydrogen-bond donors (Lipinski definition) is 1. The van der Waals surface area contributed by atoms with Crippen LogP contribution in [0.3, 0.4) is 0 Å². The fourth-order valence-electron chi connectivity index (χ4n) is 2.45. The highest BCUT2D eigenvalue weighted by atomic mass is 32.2. The molecule has 0 aromatic carbocycles. The van der Waals surface area contributed by atoms with E-state index in [0.717, 1.165) is 11.7 Å². The Balaban J connectivity index is 1.88. The number of hydrogen-bond acceptors (Lipinski definition) is 3. The van der Waals surface area contributed by atoms with Crippen molar-refractivity contribution < 1.29 is 4.79 Å². The Kier molecular flexibility index (Phi) is 3.73. The van der Waals surface area contributed by atoms with Gasteiger partial charge in [-0.1, -0.05) is 13.3 Å². The first-order valence-corrected chi connectivity index (χ1v) is 6.96. The van der Waals surface area contributed by atoms with E-state index in [9.17, 15) is 4.79 Å². The molecule has 0 spiro atoms. The molecule has 0 heterocycles. The molecule has 84 valence electrons. The number of thioether (sulfide) groups is 1. The summed E-state index contributed by atoms with van der Waals surface area (Å²) in [5, 5.41) is 4.32. The molecule has 0 saturated heterocycles. The molecule has 0 amide bonds. The Morgan fingerprint density at radius 2 is 2.33 bits per heavy atom. The van der Waals surface area contributed by atoms with Gasteiger partial charge in [0.2, 0.25) is 0 Å². The number of allylic oxidation sites excluding steroid dienone is 2. The van der Waals surface area contributed by atoms with Gasteiger partial charge >= 0.3 is 0 Å². The highest BCUT2D eigenvalue weighted by Gasteiger charge is 2.28. The highest BCUT2D eigenvalue weighted by molar-refractivity contribution is 7.99. The summed E-state index contributed by atoms with van der Waals surface area (Å²) in [6.07, 6.45) is 7.36. The molecular formula is C12H19NOS. The summed E-state index contributed by atoms with van der Waals surface area (Å²) >= 11 is 2.06. The average Bonchev–Trinajstić information content (AvgIpc) is 2.78. The normalized spacial score (nSPS) is 30.7. The minimum absolute atomic E-state index is 0.287. The van der Waals surface area contributed by atoms with Gasteiger partial charge < -0.3 is 5.32 Å². The van der Waals surface area contributed by atoms with E-state index in [1.807, 2.05) is 0 Å². The Labute approximate surface area is 95.9 Å². The van der Waals surface area contributed by atoms with Crippen LogP contribution in [0.1, 0.15) is 39.0 Å². The zero-order valence-corrected chi connectivity index (χ0v) is 10.1. The third kappa shape index (κ3) is 2.77. The standard InChI is InChI=1S/C12H19NOS/c1-2-15-12-5-3-4-11(12)13-9-6-7-10(14)8-9/h8,11-13H,2-7H2,1H3. The van der Waals surface area contributed by atoms with Crippen LogP contribution < -0.4 is 5.32 Å². The number of nitrogens with one attached hydrogen (secondary N) is 1. The minimum atomic E-state index is 0.287. The lowest BCUT2D eigenvalue weighted by molar-refractivity contribution is -0.114. The Morgan fingerprint density at radius 3 is 3.00 bits per heavy atom.